The molecule has 3 rings (SSSR count). The van der Waals surface area contributed by atoms with E-state index in [0.717, 1.165) is 0 Å². The molecule has 6 nitrogen and oxygen atoms in total. The molecule has 7 heteroatoms. The Bertz CT molecular complexity index is 675. The van der Waals surface area contributed by atoms with Gasteiger partial charge in [-0.3, -0.25) is 0 Å². The highest BCUT2D eigenvalue weighted by molar-refractivity contribution is 7.89. The highest BCUT2D eigenvalue weighted by atomic mass is 32.2. The van der Waals surface area contributed by atoms with Crippen molar-refractivity contribution in [3.63, 3.8) is 0 Å². The van der Waals surface area contributed by atoms with Gasteiger partial charge >= 0.3 is 0 Å². The second-order valence-electron chi connectivity index (χ2n) is 7.03. The molecule has 0 bridgehead atoms. The molecule has 2 saturated heterocycles. The van der Waals surface area contributed by atoms with Crippen molar-refractivity contribution in [1.29, 1.82) is 0 Å². The summed E-state index contributed by atoms with van der Waals surface area (Å²) in [7, 11) is -1.96. The minimum Gasteiger partial charge on any atom is -0.497 e. The summed E-state index contributed by atoms with van der Waals surface area (Å²) in [5, 5.41) is 10.3. The van der Waals surface area contributed by atoms with Crippen LogP contribution in [0.5, 0.6) is 5.75 Å². The highest BCUT2D eigenvalue weighted by Crippen LogP contribution is 2.40. The first-order valence-electron chi connectivity index (χ1n) is 8.27. The third-order valence-electron chi connectivity index (χ3n) is 5.08. The Morgan fingerprint density at radius 1 is 1.17 bits per heavy atom. The van der Waals surface area contributed by atoms with Crippen LogP contribution in [-0.2, 0) is 14.8 Å². The van der Waals surface area contributed by atoms with E-state index >= 15 is 0 Å². The number of nitrogens with zero attached hydrogens (tertiary/aromatic N) is 1. The number of hydrogen-bond donors (Lipinski definition) is 1. The molecule has 0 radical (unpaired) electrons. The van der Waals surface area contributed by atoms with Crippen molar-refractivity contribution < 1.29 is 23.0 Å². The summed E-state index contributed by atoms with van der Waals surface area (Å²) in [6.07, 6.45) is 2.41. The largest absolute Gasteiger partial charge is 0.497 e. The first-order valence-corrected chi connectivity index (χ1v) is 9.71. The molecule has 1 spiro atoms. The lowest BCUT2D eigenvalue weighted by Crippen LogP contribution is -2.54. The Balaban J connectivity index is 1.71. The topological polar surface area (TPSA) is 76.1 Å². The van der Waals surface area contributed by atoms with E-state index in [2.05, 4.69) is 0 Å². The lowest BCUT2D eigenvalue weighted by molar-refractivity contribution is -0.168. The van der Waals surface area contributed by atoms with Crippen LogP contribution in [0.4, 0.5) is 0 Å². The van der Waals surface area contributed by atoms with Gasteiger partial charge in [0, 0.05) is 19.5 Å². The quantitative estimate of drug-likeness (QED) is 0.894. The zero-order valence-corrected chi connectivity index (χ0v) is 15.0. The Morgan fingerprint density at radius 3 is 2.33 bits per heavy atom. The van der Waals surface area contributed by atoms with Gasteiger partial charge in [0.05, 0.1) is 29.8 Å². The average Bonchev–Trinajstić information content (AvgIpc) is 2.54. The molecule has 2 heterocycles. The van der Waals surface area contributed by atoms with Crippen LogP contribution in [0, 0.1) is 0 Å². The molecule has 2 aliphatic heterocycles. The average molecular weight is 355 g/mol. The van der Waals surface area contributed by atoms with Gasteiger partial charge in [-0.2, -0.15) is 4.31 Å². The number of aliphatic hydroxyl groups is 1. The molecule has 0 amide bonds. The Labute approximate surface area is 143 Å². The van der Waals surface area contributed by atoms with Crippen molar-refractivity contribution in [2.75, 3.05) is 26.8 Å². The number of methoxy groups -OCH3 is 1. The molecule has 2 aliphatic rings. The number of hydrogen-bond acceptors (Lipinski definition) is 5. The Hall–Kier alpha value is -1.15. The zero-order valence-electron chi connectivity index (χ0n) is 14.2. The molecule has 0 aromatic heterocycles. The van der Waals surface area contributed by atoms with Crippen LogP contribution < -0.4 is 4.74 Å². The summed E-state index contributed by atoms with van der Waals surface area (Å²) in [6.45, 7) is 3.17. The fourth-order valence-corrected chi connectivity index (χ4v) is 5.11. The van der Waals surface area contributed by atoms with Crippen molar-refractivity contribution in [3.05, 3.63) is 24.3 Å². The van der Waals surface area contributed by atoms with Crippen LogP contribution >= 0.6 is 0 Å². The maximum absolute atomic E-state index is 12.8. The molecule has 134 valence electrons. The van der Waals surface area contributed by atoms with E-state index in [1.807, 2.05) is 6.92 Å². The SMILES string of the molecule is COc1ccc(S(=O)(=O)N2CCC3(CC2)CC(C)(O)CCO3)cc1. The minimum atomic E-state index is -3.51. The van der Waals surface area contributed by atoms with Crippen molar-refractivity contribution in [2.45, 2.75) is 48.7 Å². The van der Waals surface area contributed by atoms with Gasteiger partial charge in [-0.1, -0.05) is 0 Å². The molecular weight excluding hydrogens is 330 g/mol. The van der Waals surface area contributed by atoms with E-state index < -0.39 is 21.2 Å². The fourth-order valence-electron chi connectivity index (χ4n) is 3.67. The number of piperidine rings is 1. The summed E-state index contributed by atoms with van der Waals surface area (Å²) in [4.78, 5) is 0.274. The van der Waals surface area contributed by atoms with Crippen molar-refractivity contribution >= 4 is 10.0 Å². The highest BCUT2D eigenvalue weighted by Gasteiger charge is 2.46. The second-order valence-corrected chi connectivity index (χ2v) is 8.97. The van der Waals surface area contributed by atoms with Gasteiger partial charge in [-0.05, 0) is 50.5 Å². The number of ether oxygens (including phenoxy) is 2. The molecule has 1 aromatic rings. The Kier molecular flexibility index (Phi) is 4.63. The smallest absolute Gasteiger partial charge is 0.243 e. The third-order valence-corrected chi connectivity index (χ3v) is 7.00. The van der Waals surface area contributed by atoms with E-state index in [4.69, 9.17) is 9.47 Å². The summed E-state index contributed by atoms with van der Waals surface area (Å²) in [5.41, 5.74) is -1.12. The first-order chi connectivity index (χ1) is 11.3. The van der Waals surface area contributed by atoms with E-state index in [-0.39, 0.29) is 4.90 Å². The van der Waals surface area contributed by atoms with Gasteiger partial charge in [0.25, 0.3) is 0 Å². The van der Waals surface area contributed by atoms with Gasteiger partial charge in [0.15, 0.2) is 0 Å². The van der Waals surface area contributed by atoms with Gasteiger partial charge in [-0.15, -0.1) is 0 Å². The number of rotatable bonds is 3. The van der Waals surface area contributed by atoms with Crippen molar-refractivity contribution in [2.24, 2.45) is 0 Å². The van der Waals surface area contributed by atoms with Gasteiger partial charge in [0.2, 0.25) is 10.0 Å². The van der Waals surface area contributed by atoms with Crippen molar-refractivity contribution in [1.82, 2.24) is 4.31 Å². The van der Waals surface area contributed by atoms with E-state index in [1.165, 1.54) is 4.31 Å². The maximum Gasteiger partial charge on any atom is 0.243 e. The molecule has 1 atom stereocenters. The van der Waals surface area contributed by atoms with Gasteiger partial charge in [0.1, 0.15) is 5.75 Å². The normalized spacial score (nSPS) is 28.0. The molecule has 1 unspecified atom stereocenters. The number of benzene rings is 1. The molecule has 1 aromatic carbocycles. The monoisotopic (exact) mass is 355 g/mol. The first kappa shape index (κ1) is 17.7. The van der Waals surface area contributed by atoms with E-state index in [0.29, 0.717) is 51.1 Å². The van der Waals surface area contributed by atoms with Crippen LogP contribution in [0.2, 0.25) is 0 Å². The molecule has 0 saturated carbocycles. The zero-order chi connectivity index (χ0) is 17.4. The summed E-state index contributed by atoms with van der Waals surface area (Å²) >= 11 is 0. The Morgan fingerprint density at radius 2 is 1.79 bits per heavy atom. The predicted molar refractivity (Wildman–Crippen MR) is 89.5 cm³/mol. The van der Waals surface area contributed by atoms with Crippen LogP contribution in [-0.4, -0.2) is 55.8 Å². The number of sulfonamides is 1. The summed E-state index contributed by atoms with van der Waals surface area (Å²) < 4.78 is 38.1. The third kappa shape index (κ3) is 3.44. The minimum absolute atomic E-state index is 0.274. The lowest BCUT2D eigenvalue weighted by Gasteiger charge is -2.47. The molecule has 2 fully saturated rings. The standard InChI is InChI=1S/C17H25NO5S/c1-16(19)9-12-23-17(13-16)7-10-18(11-8-17)24(20,21)15-5-3-14(22-2)4-6-15/h3-6,19H,7-13H2,1-2H3. The van der Waals surface area contributed by atoms with Gasteiger partial charge in [-0.25, -0.2) is 8.42 Å². The predicted octanol–water partition coefficient (Wildman–Crippen LogP) is 1.78. The van der Waals surface area contributed by atoms with Crippen LogP contribution in [0.15, 0.2) is 29.2 Å². The van der Waals surface area contributed by atoms with Crippen LogP contribution in [0.25, 0.3) is 0 Å². The maximum atomic E-state index is 12.8. The molecule has 1 N–H and O–H groups in total. The fraction of sp³-hybridized carbons (Fsp3) is 0.647. The summed E-state index contributed by atoms with van der Waals surface area (Å²) in [6, 6.07) is 6.44. The molecular formula is C17H25NO5S. The van der Waals surface area contributed by atoms with E-state index in [1.54, 1.807) is 31.4 Å². The molecule has 0 aliphatic carbocycles. The van der Waals surface area contributed by atoms with Crippen molar-refractivity contribution in [3.8, 4) is 5.75 Å². The summed E-state index contributed by atoms with van der Waals surface area (Å²) in [5.74, 6) is 0.629. The van der Waals surface area contributed by atoms with E-state index in [9.17, 15) is 13.5 Å². The van der Waals surface area contributed by atoms with Gasteiger partial charge < -0.3 is 14.6 Å². The van der Waals surface area contributed by atoms with Crippen LogP contribution in [0.1, 0.15) is 32.6 Å². The van der Waals surface area contributed by atoms with Crippen LogP contribution in [0.3, 0.4) is 0 Å². The second kappa shape index (κ2) is 6.29. The lowest BCUT2D eigenvalue weighted by atomic mass is 9.78. The molecule has 24 heavy (non-hydrogen) atoms.